The standard InChI is InChI=1S/C14H22ClN3O2/c1-10-13(14(15)17(2)16-10)11-6-5-9-18(11)8-4-3-7-12(19)20/h11H,3-9H2,1-2H3,(H,19,20). The highest BCUT2D eigenvalue weighted by Crippen LogP contribution is 2.37. The topological polar surface area (TPSA) is 58.4 Å². The van der Waals surface area contributed by atoms with Crippen LogP contribution in [0.2, 0.25) is 5.15 Å². The van der Waals surface area contributed by atoms with E-state index < -0.39 is 5.97 Å². The number of hydrogen-bond donors (Lipinski definition) is 1. The third kappa shape index (κ3) is 3.33. The third-order valence-electron chi connectivity index (χ3n) is 3.98. The summed E-state index contributed by atoms with van der Waals surface area (Å²) in [6.07, 6.45) is 4.17. The van der Waals surface area contributed by atoms with Gasteiger partial charge in [-0.05, 0) is 45.7 Å². The van der Waals surface area contributed by atoms with Gasteiger partial charge in [0.15, 0.2) is 0 Å². The summed E-state index contributed by atoms with van der Waals surface area (Å²) in [4.78, 5) is 12.9. The van der Waals surface area contributed by atoms with Gasteiger partial charge in [0.2, 0.25) is 0 Å². The van der Waals surface area contributed by atoms with Gasteiger partial charge in [-0.1, -0.05) is 11.6 Å². The molecule has 0 aliphatic carbocycles. The van der Waals surface area contributed by atoms with Crippen molar-refractivity contribution in [2.24, 2.45) is 7.05 Å². The number of hydrogen-bond acceptors (Lipinski definition) is 3. The lowest BCUT2D eigenvalue weighted by atomic mass is 10.1. The van der Waals surface area contributed by atoms with Crippen LogP contribution in [0.1, 0.15) is 49.4 Å². The van der Waals surface area contributed by atoms with E-state index in [0.29, 0.717) is 6.04 Å². The first-order valence-corrected chi connectivity index (χ1v) is 7.53. The first-order chi connectivity index (χ1) is 9.50. The Hall–Kier alpha value is -1.07. The number of carboxylic acid groups (broad SMARTS) is 1. The highest BCUT2D eigenvalue weighted by molar-refractivity contribution is 6.30. The van der Waals surface area contributed by atoms with Gasteiger partial charge in [-0.2, -0.15) is 5.10 Å². The molecule has 112 valence electrons. The van der Waals surface area contributed by atoms with Crippen LogP contribution in [0.3, 0.4) is 0 Å². The highest BCUT2D eigenvalue weighted by Gasteiger charge is 2.30. The first kappa shape index (κ1) is 15.3. The monoisotopic (exact) mass is 299 g/mol. The van der Waals surface area contributed by atoms with Crippen LogP contribution in [-0.2, 0) is 11.8 Å². The molecule has 0 amide bonds. The molecule has 0 aromatic carbocycles. The third-order valence-corrected chi connectivity index (χ3v) is 4.43. The Morgan fingerprint density at radius 2 is 2.25 bits per heavy atom. The molecule has 20 heavy (non-hydrogen) atoms. The molecule has 5 nitrogen and oxygen atoms in total. The van der Waals surface area contributed by atoms with E-state index in [1.54, 1.807) is 4.68 Å². The molecule has 1 unspecified atom stereocenters. The molecule has 1 atom stereocenters. The van der Waals surface area contributed by atoms with E-state index in [0.717, 1.165) is 55.2 Å². The molecule has 1 N–H and O–H groups in total. The minimum atomic E-state index is -0.714. The predicted molar refractivity (Wildman–Crippen MR) is 78.0 cm³/mol. The molecular weight excluding hydrogens is 278 g/mol. The van der Waals surface area contributed by atoms with Crippen LogP contribution in [0, 0.1) is 6.92 Å². The molecule has 1 fully saturated rings. The summed E-state index contributed by atoms with van der Waals surface area (Å²) in [6.45, 7) is 3.99. The summed E-state index contributed by atoms with van der Waals surface area (Å²) in [6, 6.07) is 0.334. The molecule has 0 saturated carbocycles. The number of halogens is 1. The molecule has 0 bridgehead atoms. The molecule has 2 heterocycles. The Kier molecular flexibility index (Phi) is 5.05. The lowest BCUT2D eigenvalue weighted by Gasteiger charge is -2.24. The summed E-state index contributed by atoms with van der Waals surface area (Å²) in [7, 11) is 1.87. The second-order valence-corrected chi connectivity index (χ2v) is 5.82. The Bertz CT molecular complexity index is 487. The van der Waals surface area contributed by atoms with E-state index in [1.165, 1.54) is 0 Å². The van der Waals surface area contributed by atoms with Crippen LogP contribution >= 0.6 is 11.6 Å². The van der Waals surface area contributed by atoms with Crippen LogP contribution in [0.15, 0.2) is 0 Å². The molecule has 1 saturated heterocycles. The first-order valence-electron chi connectivity index (χ1n) is 7.15. The normalized spacial score (nSPS) is 19.6. The number of rotatable bonds is 6. The maximum Gasteiger partial charge on any atom is 0.303 e. The van der Waals surface area contributed by atoms with Crippen molar-refractivity contribution in [3.8, 4) is 0 Å². The highest BCUT2D eigenvalue weighted by atomic mass is 35.5. The Labute approximate surface area is 124 Å². The molecule has 1 aliphatic heterocycles. The zero-order chi connectivity index (χ0) is 14.7. The van der Waals surface area contributed by atoms with Gasteiger partial charge in [0.05, 0.1) is 5.69 Å². The summed E-state index contributed by atoms with van der Waals surface area (Å²) in [5.41, 5.74) is 2.14. The SMILES string of the molecule is Cc1nn(C)c(Cl)c1C1CCCN1CCCCC(=O)O. The maximum absolute atomic E-state index is 10.5. The van der Waals surface area contributed by atoms with Crippen molar-refractivity contribution in [3.05, 3.63) is 16.4 Å². The molecule has 0 spiro atoms. The van der Waals surface area contributed by atoms with Gasteiger partial charge >= 0.3 is 5.97 Å². The number of aryl methyl sites for hydroxylation is 2. The van der Waals surface area contributed by atoms with Gasteiger partial charge in [0.1, 0.15) is 5.15 Å². The van der Waals surface area contributed by atoms with Crippen molar-refractivity contribution in [1.82, 2.24) is 14.7 Å². The quantitative estimate of drug-likeness (QED) is 0.821. The van der Waals surface area contributed by atoms with Gasteiger partial charge < -0.3 is 5.11 Å². The Morgan fingerprint density at radius 1 is 1.50 bits per heavy atom. The van der Waals surface area contributed by atoms with Crippen LogP contribution in [0.4, 0.5) is 0 Å². The largest absolute Gasteiger partial charge is 0.481 e. The molecule has 1 aromatic rings. The number of aromatic nitrogens is 2. The van der Waals surface area contributed by atoms with Crippen molar-refractivity contribution in [2.75, 3.05) is 13.1 Å². The Morgan fingerprint density at radius 3 is 2.85 bits per heavy atom. The number of unbranched alkanes of at least 4 members (excludes halogenated alkanes) is 1. The fourth-order valence-electron chi connectivity index (χ4n) is 3.04. The van der Waals surface area contributed by atoms with E-state index in [2.05, 4.69) is 10.00 Å². The van der Waals surface area contributed by atoms with Gasteiger partial charge in [-0.15, -0.1) is 0 Å². The van der Waals surface area contributed by atoms with Gasteiger partial charge in [-0.25, -0.2) is 0 Å². The average Bonchev–Trinajstić information content (AvgIpc) is 2.91. The smallest absolute Gasteiger partial charge is 0.303 e. The summed E-state index contributed by atoms with van der Waals surface area (Å²) in [5, 5.41) is 13.8. The van der Waals surface area contributed by atoms with E-state index in [9.17, 15) is 4.79 Å². The summed E-state index contributed by atoms with van der Waals surface area (Å²) in [5.74, 6) is -0.714. The number of carbonyl (C=O) groups is 1. The fourth-order valence-corrected chi connectivity index (χ4v) is 3.34. The molecule has 1 aliphatic rings. The Balaban J connectivity index is 1.98. The number of aliphatic carboxylic acids is 1. The molecular formula is C14H22ClN3O2. The predicted octanol–water partition coefficient (Wildman–Crippen LogP) is 2.77. The van der Waals surface area contributed by atoms with Crippen LogP contribution in [0.25, 0.3) is 0 Å². The van der Waals surface area contributed by atoms with E-state index in [1.807, 2.05) is 14.0 Å². The second kappa shape index (κ2) is 6.59. The van der Waals surface area contributed by atoms with Crippen molar-refractivity contribution in [1.29, 1.82) is 0 Å². The molecule has 6 heteroatoms. The maximum atomic E-state index is 10.5. The van der Waals surface area contributed by atoms with E-state index in [-0.39, 0.29) is 6.42 Å². The van der Waals surface area contributed by atoms with Gasteiger partial charge in [0, 0.05) is 25.1 Å². The second-order valence-electron chi connectivity index (χ2n) is 5.46. The van der Waals surface area contributed by atoms with Crippen molar-refractivity contribution < 1.29 is 9.90 Å². The molecule has 1 aromatic heterocycles. The van der Waals surface area contributed by atoms with Crippen molar-refractivity contribution >= 4 is 17.6 Å². The van der Waals surface area contributed by atoms with E-state index in [4.69, 9.17) is 16.7 Å². The molecule has 0 radical (unpaired) electrons. The summed E-state index contributed by atoms with van der Waals surface area (Å²) >= 11 is 6.36. The number of nitrogens with zero attached hydrogens (tertiary/aromatic N) is 3. The number of likely N-dealkylation sites (tertiary alicyclic amines) is 1. The fraction of sp³-hybridized carbons (Fsp3) is 0.714. The lowest BCUT2D eigenvalue weighted by molar-refractivity contribution is -0.137. The van der Waals surface area contributed by atoms with Gasteiger partial charge in [-0.3, -0.25) is 14.4 Å². The zero-order valence-corrected chi connectivity index (χ0v) is 12.9. The zero-order valence-electron chi connectivity index (χ0n) is 12.1. The lowest BCUT2D eigenvalue weighted by Crippen LogP contribution is -2.25. The minimum absolute atomic E-state index is 0.255. The van der Waals surface area contributed by atoms with E-state index >= 15 is 0 Å². The summed E-state index contributed by atoms with van der Waals surface area (Å²) < 4.78 is 1.73. The van der Waals surface area contributed by atoms with Crippen LogP contribution < -0.4 is 0 Å². The van der Waals surface area contributed by atoms with Crippen LogP contribution in [0.5, 0.6) is 0 Å². The van der Waals surface area contributed by atoms with Gasteiger partial charge in [0.25, 0.3) is 0 Å². The van der Waals surface area contributed by atoms with Crippen molar-refractivity contribution in [2.45, 2.75) is 45.1 Å². The minimum Gasteiger partial charge on any atom is -0.481 e. The molecule has 2 rings (SSSR count). The van der Waals surface area contributed by atoms with Crippen LogP contribution in [-0.4, -0.2) is 38.8 Å². The van der Waals surface area contributed by atoms with Crippen molar-refractivity contribution in [3.63, 3.8) is 0 Å². The number of carboxylic acids is 1. The average molecular weight is 300 g/mol.